The normalized spacial score (nSPS) is 10.7. The number of hydrogen-bond donors (Lipinski definition) is 0. The smallest absolute Gasteiger partial charge is 0.191 e. The van der Waals surface area contributed by atoms with Crippen LogP contribution in [0.2, 0.25) is 5.02 Å². The van der Waals surface area contributed by atoms with Crippen LogP contribution in [0.25, 0.3) is 0 Å². The monoisotopic (exact) mass is 320 g/mol. The molecule has 1 nitrogen and oxygen atoms in total. The maximum atomic E-state index is 13.6. The van der Waals surface area contributed by atoms with E-state index in [-0.39, 0.29) is 23.1 Å². The van der Waals surface area contributed by atoms with Gasteiger partial charge in [0.05, 0.1) is 0 Å². The molecule has 0 amide bonds. The summed E-state index contributed by atoms with van der Waals surface area (Å²) in [5.41, 5.74) is 0.446. The zero-order valence-corrected chi connectivity index (χ0v) is 11.6. The van der Waals surface area contributed by atoms with Crippen molar-refractivity contribution >= 4 is 23.2 Å². The Labute approximate surface area is 123 Å². The second kappa shape index (κ2) is 6.37. The van der Waals surface area contributed by atoms with E-state index < -0.39 is 23.2 Å². The average Bonchev–Trinajstić information content (AvgIpc) is 2.39. The van der Waals surface area contributed by atoms with Gasteiger partial charge in [0, 0.05) is 16.5 Å². The summed E-state index contributed by atoms with van der Waals surface area (Å²) in [4.78, 5) is 0. The molecule has 0 radical (unpaired) electrons. The van der Waals surface area contributed by atoms with E-state index in [1.807, 2.05) is 0 Å². The van der Waals surface area contributed by atoms with Gasteiger partial charge in [0.1, 0.15) is 12.4 Å². The van der Waals surface area contributed by atoms with Gasteiger partial charge in [-0.2, -0.15) is 0 Å². The molecular formula is C14H9Cl2F3O. The fraction of sp³-hybridized carbons (Fsp3) is 0.143. The number of hydrogen-bond acceptors (Lipinski definition) is 1. The summed E-state index contributed by atoms with van der Waals surface area (Å²) in [5, 5.41) is 0.232. The third kappa shape index (κ3) is 3.38. The van der Waals surface area contributed by atoms with Crippen molar-refractivity contribution in [3.05, 3.63) is 63.9 Å². The summed E-state index contributed by atoms with van der Waals surface area (Å²) < 4.78 is 45.8. The van der Waals surface area contributed by atoms with Crippen LogP contribution in [0.3, 0.4) is 0 Å². The van der Waals surface area contributed by atoms with Crippen LogP contribution < -0.4 is 4.74 Å². The van der Waals surface area contributed by atoms with Crippen LogP contribution in [0, 0.1) is 17.5 Å². The molecule has 2 aromatic rings. The summed E-state index contributed by atoms with van der Waals surface area (Å²) in [6.45, 7) is -0.308. The molecule has 0 saturated carbocycles. The standard InChI is InChI=1S/C14H9Cl2F3O/c15-6-8-3-12(18)14(13(19)4-8)20-7-9-1-2-10(16)5-11(9)17/h1-5H,6-7H2. The minimum Gasteiger partial charge on any atom is -0.483 e. The highest BCUT2D eigenvalue weighted by atomic mass is 35.5. The van der Waals surface area contributed by atoms with E-state index in [4.69, 9.17) is 27.9 Å². The fourth-order valence-corrected chi connectivity index (χ4v) is 1.93. The third-order valence-corrected chi connectivity index (χ3v) is 3.14. The molecule has 0 aliphatic carbocycles. The average molecular weight is 321 g/mol. The van der Waals surface area contributed by atoms with Crippen LogP contribution in [0.5, 0.6) is 5.75 Å². The van der Waals surface area contributed by atoms with Crippen LogP contribution in [0.15, 0.2) is 30.3 Å². The van der Waals surface area contributed by atoms with Crippen molar-refractivity contribution in [1.82, 2.24) is 0 Å². The molecule has 20 heavy (non-hydrogen) atoms. The van der Waals surface area contributed by atoms with Gasteiger partial charge >= 0.3 is 0 Å². The fourth-order valence-electron chi connectivity index (χ4n) is 1.62. The van der Waals surface area contributed by atoms with Gasteiger partial charge in [0.25, 0.3) is 0 Å². The Kier molecular flexibility index (Phi) is 4.78. The third-order valence-electron chi connectivity index (χ3n) is 2.60. The Morgan fingerprint density at radius 3 is 2.15 bits per heavy atom. The van der Waals surface area contributed by atoms with Gasteiger partial charge in [-0.3, -0.25) is 0 Å². The lowest BCUT2D eigenvalue weighted by atomic mass is 10.2. The van der Waals surface area contributed by atoms with E-state index in [1.54, 1.807) is 0 Å². The Hall–Kier alpha value is -1.39. The van der Waals surface area contributed by atoms with Crippen molar-refractivity contribution in [2.75, 3.05) is 0 Å². The molecule has 0 aliphatic heterocycles. The molecule has 0 heterocycles. The molecule has 2 rings (SSSR count). The topological polar surface area (TPSA) is 9.23 Å². The summed E-state index contributed by atoms with van der Waals surface area (Å²) in [7, 11) is 0. The van der Waals surface area contributed by atoms with Crippen LogP contribution in [0.1, 0.15) is 11.1 Å². The highest BCUT2D eigenvalue weighted by molar-refractivity contribution is 6.30. The highest BCUT2D eigenvalue weighted by Gasteiger charge is 2.13. The minimum atomic E-state index is -0.880. The molecule has 0 spiro atoms. The Balaban J connectivity index is 2.19. The number of rotatable bonds is 4. The number of halogens is 5. The minimum absolute atomic E-state index is 0.0140. The second-order valence-electron chi connectivity index (χ2n) is 4.05. The lowest BCUT2D eigenvalue weighted by molar-refractivity contribution is 0.269. The molecule has 0 unspecified atom stereocenters. The molecular weight excluding hydrogens is 312 g/mol. The molecule has 0 atom stereocenters. The Morgan fingerprint density at radius 1 is 0.950 bits per heavy atom. The highest BCUT2D eigenvalue weighted by Crippen LogP contribution is 2.25. The lowest BCUT2D eigenvalue weighted by Gasteiger charge is -2.10. The second-order valence-corrected chi connectivity index (χ2v) is 4.75. The van der Waals surface area contributed by atoms with Crippen molar-refractivity contribution in [3.8, 4) is 5.75 Å². The molecule has 0 saturated heterocycles. The number of benzene rings is 2. The summed E-state index contributed by atoms with van der Waals surface area (Å²) >= 11 is 11.1. The molecule has 106 valence electrons. The van der Waals surface area contributed by atoms with Crippen molar-refractivity contribution in [2.45, 2.75) is 12.5 Å². The van der Waals surface area contributed by atoms with Crippen LogP contribution in [-0.2, 0) is 12.5 Å². The summed E-state index contributed by atoms with van der Waals surface area (Å²) in [6, 6.07) is 6.10. The molecule has 0 bridgehead atoms. The SMILES string of the molecule is Fc1cc(Cl)ccc1COc1c(F)cc(CCl)cc1F. The molecule has 0 fully saturated rings. The van der Waals surface area contributed by atoms with Gasteiger partial charge in [-0.25, -0.2) is 13.2 Å². The van der Waals surface area contributed by atoms with E-state index in [1.165, 1.54) is 12.1 Å². The molecule has 0 aliphatic rings. The van der Waals surface area contributed by atoms with Gasteiger partial charge in [0.15, 0.2) is 17.4 Å². The zero-order valence-electron chi connectivity index (χ0n) is 10.1. The van der Waals surface area contributed by atoms with Crippen LogP contribution in [-0.4, -0.2) is 0 Å². The Morgan fingerprint density at radius 2 is 1.60 bits per heavy atom. The van der Waals surface area contributed by atoms with Gasteiger partial charge in [-0.05, 0) is 29.8 Å². The Bertz CT molecular complexity index is 609. The first-order valence-electron chi connectivity index (χ1n) is 5.62. The molecule has 2 aromatic carbocycles. The molecule has 6 heteroatoms. The maximum absolute atomic E-state index is 13.6. The predicted molar refractivity (Wildman–Crippen MR) is 71.7 cm³/mol. The molecule has 0 aromatic heterocycles. The van der Waals surface area contributed by atoms with E-state index in [0.29, 0.717) is 5.56 Å². The van der Waals surface area contributed by atoms with Gasteiger partial charge in [-0.15, -0.1) is 11.6 Å². The summed E-state index contributed by atoms with van der Waals surface area (Å²) in [6.07, 6.45) is 0. The van der Waals surface area contributed by atoms with E-state index in [9.17, 15) is 13.2 Å². The van der Waals surface area contributed by atoms with E-state index in [0.717, 1.165) is 18.2 Å². The van der Waals surface area contributed by atoms with Gasteiger partial charge in [0.2, 0.25) is 0 Å². The lowest BCUT2D eigenvalue weighted by Crippen LogP contribution is -2.02. The quantitative estimate of drug-likeness (QED) is 0.714. The predicted octanol–water partition coefficient (Wildman–Crippen LogP) is 5.08. The molecule has 0 N–H and O–H groups in total. The van der Waals surface area contributed by atoms with Crippen LogP contribution >= 0.6 is 23.2 Å². The summed E-state index contributed by atoms with van der Waals surface area (Å²) in [5.74, 6) is -2.94. The van der Waals surface area contributed by atoms with E-state index >= 15 is 0 Å². The van der Waals surface area contributed by atoms with Crippen molar-refractivity contribution in [1.29, 1.82) is 0 Å². The van der Waals surface area contributed by atoms with Crippen LogP contribution in [0.4, 0.5) is 13.2 Å². The van der Waals surface area contributed by atoms with Crippen molar-refractivity contribution < 1.29 is 17.9 Å². The number of ether oxygens (including phenoxy) is 1. The zero-order chi connectivity index (χ0) is 14.7. The first kappa shape index (κ1) is 15.0. The van der Waals surface area contributed by atoms with E-state index in [2.05, 4.69) is 0 Å². The first-order valence-corrected chi connectivity index (χ1v) is 6.53. The maximum Gasteiger partial charge on any atom is 0.191 e. The van der Waals surface area contributed by atoms with Crippen molar-refractivity contribution in [3.63, 3.8) is 0 Å². The first-order chi connectivity index (χ1) is 9.51. The van der Waals surface area contributed by atoms with Gasteiger partial charge < -0.3 is 4.74 Å². The number of alkyl halides is 1. The van der Waals surface area contributed by atoms with Gasteiger partial charge in [-0.1, -0.05) is 17.7 Å². The van der Waals surface area contributed by atoms with Crippen molar-refractivity contribution in [2.24, 2.45) is 0 Å². The largest absolute Gasteiger partial charge is 0.483 e.